The van der Waals surface area contributed by atoms with Crippen molar-refractivity contribution < 1.29 is 19.2 Å². The molecule has 0 spiro atoms. The molecule has 0 radical (unpaired) electrons. The predicted molar refractivity (Wildman–Crippen MR) is 70.3 cm³/mol. The number of hydrogen-bond donors (Lipinski definition) is 0. The molecule has 1 amide bonds. The smallest absolute Gasteiger partial charge is 0.311 e. The summed E-state index contributed by atoms with van der Waals surface area (Å²) < 4.78 is 4.61. The van der Waals surface area contributed by atoms with Crippen LogP contribution in [0.15, 0.2) is 18.2 Å². The Morgan fingerprint density at radius 1 is 1.50 bits per heavy atom. The van der Waals surface area contributed by atoms with Crippen LogP contribution < -0.4 is 4.90 Å². The minimum Gasteiger partial charge on any atom is -0.469 e. The van der Waals surface area contributed by atoms with E-state index in [0.717, 1.165) is 5.56 Å². The number of methoxy groups -OCH3 is 1. The number of amides is 1. The molecule has 0 saturated carbocycles. The number of aryl methyl sites for hydroxylation is 1. The van der Waals surface area contributed by atoms with Crippen molar-refractivity contribution in [2.45, 2.75) is 13.3 Å². The van der Waals surface area contributed by atoms with E-state index in [4.69, 9.17) is 0 Å². The van der Waals surface area contributed by atoms with Gasteiger partial charge in [0.05, 0.1) is 18.0 Å². The third-order valence-corrected chi connectivity index (χ3v) is 3.28. The highest BCUT2D eigenvalue weighted by Crippen LogP contribution is 2.33. The lowest BCUT2D eigenvalue weighted by Crippen LogP contribution is -2.26. The van der Waals surface area contributed by atoms with E-state index < -0.39 is 16.8 Å². The first kappa shape index (κ1) is 14.0. The topological polar surface area (TPSA) is 89.8 Å². The summed E-state index contributed by atoms with van der Waals surface area (Å²) in [5, 5.41) is 11.1. The fourth-order valence-electron chi connectivity index (χ4n) is 2.27. The molecule has 0 N–H and O–H groups in total. The van der Waals surface area contributed by atoms with Crippen LogP contribution in [0.4, 0.5) is 11.4 Å². The third kappa shape index (κ3) is 2.47. The lowest BCUT2D eigenvalue weighted by Gasteiger charge is -2.16. The number of benzene rings is 1. The van der Waals surface area contributed by atoms with Crippen molar-refractivity contribution in [1.82, 2.24) is 0 Å². The molecular formula is C13H14N2O5. The molecule has 7 heteroatoms. The van der Waals surface area contributed by atoms with Crippen LogP contribution in [0.25, 0.3) is 0 Å². The SMILES string of the molecule is COC(=O)C1CC(=O)N(c2ccc(C)cc2[N+](=O)[O-])C1. The molecule has 0 aromatic heterocycles. The molecule has 2 rings (SSSR count). The summed E-state index contributed by atoms with van der Waals surface area (Å²) in [6, 6.07) is 4.64. The second-order valence-electron chi connectivity index (χ2n) is 4.68. The van der Waals surface area contributed by atoms with Gasteiger partial charge in [0.2, 0.25) is 5.91 Å². The van der Waals surface area contributed by atoms with E-state index in [1.54, 1.807) is 13.0 Å². The number of nitro benzene ring substituents is 1. The Balaban J connectivity index is 2.35. The molecule has 1 heterocycles. The third-order valence-electron chi connectivity index (χ3n) is 3.28. The number of nitro groups is 1. The number of nitrogens with zero attached hydrogens (tertiary/aromatic N) is 2. The van der Waals surface area contributed by atoms with E-state index in [-0.39, 0.29) is 30.2 Å². The van der Waals surface area contributed by atoms with E-state index in [1.165, 1.54) is 24.1 Å². The molecule has 1 fully saturated rings. The first-order valence-electron chi connectivity index (χ1n) is 6.07. The number of ether oxygens (including phenoxy) is 1. The number of hydrogen-bond acceptors (Lipinski definition) is 5. The van der Waals surface area contributed by atoms with Gasteiger partial charge in [0.25, 0.3) is 5.69 Å². The molecule has 1 saturated heterocycles. The maximum absolute atomic E-state index is 12.0. The minimum absolute atomic E-state index is 0.0116. The number of rotatable bonds is 3. The Morgan fingerprint density at radius 2 is 2.20 bits per heavy atom. The van der Waals surface area contributed by atoms with Crippen LogP contribution in [0.2, 0.25) is 0 Å². The highest BCUT2D eigenvalue weighted by atomic mass is 16.6. The van der Waals surface area contributed by atoms with Crippen molar-refractivity contribution in [3.05, 3.63) is 33.9 Å². The van der Waals surface area contributed by atoms with Gasteiger partial charge in [-0.15, -0.1) is 0 Å². The molecule has 7 nitrogen and oxygen atoms in total. The summed E-state index contributed by atoms with van der Waals surface area (Å²) in [5.74, 6) is -1.36. The van der Waals surface area contributed by atoms with Gasteiger partial charge in [0.15, 0.2) is 0 Å². The number of carbonyl (C=O) groups is 2. The fraction of sp³-hybridized carbons (Fsp3) is 0.385. The molecule has 106 valence electrons. The van der Waals surface area contributed by atoms with Gasteiger partial charge < -0.3 is 9.64 Å². The molecule has 1 atom stereocenters. The van der Waals surface area contributed by atoms with E-state index in [1.807, 2.05) is 0 Å². The van der Waals surface area contributed by atoms with Gasteiger partial charge in [-0.25, -0.2) is 0 Å². The van der Waals surface area contributed by atoms with Gasteiger partial charge in [0.1, 0.15) is 5.69 Å². The van der Waals surface area contributed by atoms with E-state index >= 15 is 0 Å². The zero-order valence-corrected chi connectivity index (χ0v) is 11.2. The normalized spacial score (nSPS) is 18.2. The van der Waals surface area contributed by atoms with Gasteiger partial charge >= 0.3 is 5.97 Å². The van der Waals surface area contributed by atoms with Crippen LogP contribution in [0, 0.1) is 23.0 Å². The van der Waals surface area contributed by atoms with Crippen LogP contribution in [0.3, 0.4) is 0 Å². The minimum atomic E-state index is -0.576. The van der Waals surface area contributed by atoms with Crippen LogP contribution in [-0.2, 0) is 14.3 Å². The predicted octanol–water partition coefficient (Wildman–Crippen LogP) is 1.43. The molecule has 0 aliphatic carbocycles. The summed E-state index contributed by atoms with van der Waals surface area (Å²) >= 11 is 0. The molecule has 20 heavy (non-hydrogen) atoms. The van der Waals surface area contributed by atoms with E-state index in [9.17, 15) is 19.7 Å². The largest absolute Gasteiger partial charge is 0.469 e. The quantitative estimate of drug-likeness (QED) is 0.474. The molecule has 1 aromatic rings. The van der Waals surface area contributed by atoms with Gasteiger partial charge in [0, 0.05) is 19.0 Å². The molecule has 1 aliphatic heterocycles. The lowest BCUT2D eigenvalue weighted by atomic mass is 10.1. The lowest BCUT2D eigenvalue weighted by molar-refractivity contribution is -0.384. The molecule has 1 aliphatic rings. The molecular weight excluding hydrogens is 264 g/mol. The van der Waals surface area contributed by atoms with Crippen LogP contribution in [-0.4, -0.2) is 30.5 Å². The highest BCUT2D eigenvalue weighted by molar-refractivity contribution is 6.01. The highest BCUT2D eigenvalue weighted by Gasteiger charge is 2.38. The zero-order valence-electron chi connectivity index (χ0n) is 11.2. The Kier molecular flexibility index (Phi) is 3.69. The van der Waals surface area contributed by atoms with E-state index in [2.05, 4.69) is 4.74 Å². The maximum atomic E-state index is 12.0. The maximum Gasteiger partial charge on any atom is 0.311 e. The second kappa shape index (κ2) is 5.28. The summed E-state index contributed by atoms with van der Waals surface area (Å²) in [7, 11) is 1.25. The Hall–Kier alpha value is -2.44. The molecule has 1 unspecified atom stereocenters. The molecule has 1 aromatic carbocycles. The fourth-order valence-corrected chi connectivity index (χ4v) is 2.27. The van der Waals surface area contributed by atoms with Crippen LogP contribution in [0.1, 0.15) is 12.0 Å². The summed E-state index contributed by atoms with van der Waals surface area (Å²) in [6.45, 7) is 1.84. The monoisotopic (exact) mass is 278 g/mol. The first-order chi connectivity index (χ1) is 9.43. The summed E-state index contributed by atoms with van der Waals surface area (Å²) in [6.07, 6.45) is 0.0116. The van der Waals surface area contributed by atoms with Crippen LogP contribution in [0.5, 0.6) is 0 Å². The Bertz CT molecular complexity index is 584. The van der Waals surface area contributed by atoms with Gasteiger partial charge in [-0.2, -0.15) is 0 Å². The van der Waals surface area contributed by atoms with Crippen molar-refractivity contribution in [3.63, 3.8) is 0 Å². The average Bonchev–Trinajstić information content (AvgIpc) is 2.79. The second-order valence-corrected chi connectivity index (χ2v) is 4.68. The number of anilines is 1. The molecule has 0 bridgehead atoms. The van der Waals surface area contributed by atoms with Gasteiger partial charge in [-0.1, -0.05) is 6.07 Å². The number of esters is 1. The van der Waals surface area contributed by atoms with Crippen LogP contribution >= 0.6 is 0 Å². The average molecular weight is 278 g/mol. The first-order valence-corrected chi connectivity index (χ1v) is 6.07. The standard InChI is InChI=1S/C13H14N2O5/c1-8-3-4-10(11(5-8)15(18)19)14-7-9(6-12(14)16)13(17)20-2/h3-5,9H,6-7H2,1-2H3. The Labute approximate surface area is 115 Å². The van der Waals surface area contributed by atoms with Crippen molar-refractivity contribution in [2.24, 2.45) is 5.92 Å². The summed E-state index contributed by atoms with van der Waals surface area (Å²) in [4.78, 5) is 35.3. The number of carbonyl (C=O) groups excluding carboxylic acids is 2. The van der Waals surface area contributed by atoms with Crippen molar-refractivity contribution in [1.29, 1.82) is 0 Å². The zero-order chi connectivity index (χ0) is 14.9. The van der Waals surface area contributed by atoms with Crippen molar-refractivity contribution in [2.75, 3.05) is 18.6 Å². The van der Waals surface area contributed by atoms with Gasteiger partial charge in [-0.3, -0.25) is 19.7 Å². The van der Waals surface area contributed by atoms with Gasteiger partial charge in [-0.05, 0) is 18.6 Å². The van der Waals surface area contributed by atoms with Crippen molar-refractivity contribution >= 4 is 23.3 Å². The Morgan fingerprint density at radius 3 is 2.80 bits per heavy atom. The summed E-state index contributed by atoms with van der Waals surface area (Å²) in [5.41, 5.74) is 0.817. The van der Waals surface area contributed by atoms with Crippen molar-refractivity contribution in [3.8, 4) is 0 Å². The van der Waals surface area contributed by atoms with E-state index in [0.29, 0.717) is 0 Å².